The number of rotatable bonds is 5. The Morgan fingerprint density at radius 1 is 1.40 bits per heavy atom. The Balaban J connectivity index is 2.22. The third-order valence-corrected chi connectivity index (χ3v) is 4.64. The molecule has 3 N–H and O–H groups in total. The zero-order valence-electron chi connectivity index (χ0n) is 12.0. The van der Waals surface area contributed by atoms with Gasteiger partial charge in [-0.1, -0.05) is 6.07 Å². The molecule has 1 heterocycles. The van der Waals surface area contributed by atoms with E-state index in [2.05, 4.69) is 11.9 Å². The molecule has 0 aliphatic carbocycles. The van der Waals surface area contributed by atoms with Gasteiger partial charge in [0.25, 0.3) is 0 Å². The van der Waals surface area contributed by atoms with Crippen LogP contribution in [0.4, 0.5) is 0 Å². The number of nitrogens with zero attached hydrogens (tertiary/aromatic N) is 1. The first-order valence-corrected chi connectivity index (χ1v) is 7.36. The molecule has 1 aromatic heterocycles. The van der Waals surface area contributed by atoms with Crippen LogP contribution in [0.1, 0.15) is 27.1 Å². The topological polar surface area (TPSA) is 68.4 Å². The number of aromatic hydroxyl groups is 1. The average Bonchev–Trinajstić information content (AvgIpc) is 2.77. The lowest BCUT2D eigenvalue weighted by Crippen LogP contribution is -2.15. The largest absolute Gasteiger partial charge is 0.504 e. The van der Waals surface area contributed by atoms with Crippen LogP contribution < -0.4 is 10.5 Å². The van der Waals surface area contributed by atoms with E-state index in [-0.39, 0.29) is 11.7 Å². The highest BCUT2D eigenvalue weighted by atomic mass is 32.1. The quantitative estimate of drug-likeness (QED) is 0.889. The summed E-state index contributed by atoms with van der Waals surface area (Å²) in [7, 11) is 1.55. The minimum atomic E-state index is 0.154. The second kappa shape index (κ2) is 6.24. The van der Waals surface area contributed by atoms with Crippen molar-refractivity contribution in [2.24, 2.45) is 5.73 Å². The molecule has 2 aromatic rings. The summed E-state index contributed by atoms with van der Waals surface area (Å²) in [5, 5.41) is 10.7. The molecule has 5 heteroatoms. The summed E-state index contributed by atoms with van der Waals surface area (Å²) in [5.74, 6) is 0.841. The molecule has 0 aliphatic rings. The molecule has 0 spiro atoms. The van der Waals surface area contributed by atoms with E-state index in [1.165, 1.54) is 4.88 Å². The van der Waals surface area contributed by atoms with Crippen LogP contribution in [0.3, 0.4) is 0 Å². The van der Waals surface area contributed by atoms with Crippen LogP contribution in [-0.2, 0) is 6.42 Å². The molecule has 2 rings (SSSR count). The predicted octanol–water partition coefficient (Wildman–Crippen LogP) is 2.76. The summed E-state index contributed by atoms with van der Waals surface area (Å²) in [6, 6.07) is 5.40. The fourth-order valence-corrected chi connectivity index (χ4v) is 3.11. The van der Waals surface area contributed by atoms with Gasteiger partial charge in [0.05, 0.1) is 17.8 Å². The van der Waals surface area contributed by atoms with Crippen LogP contribution in [0.2, 0.25) is 0 Å². The van der Waals surface area contributed by atoms with Gasteiger partial charge in [0.1, 0.15) is 0 Å². The molecule has 0 bridgehead atoms. The van der Waals surface area contributed by atoms with E-state index in [9.17, 15) is 5.11 Å². The minimum Gasteiger partial charge on any atom is -0.504 e. The van der Waals surface area contributed by atoms with Crippen molar-refractivity contribution in [3.63, 3.8) is 0 Å². The average molecular weight is 292 g/mol. The Bertz CT molecular complexity index is 576. The number of hydrogen-bond acceptors (Lipinski definition) is 5. The lowest BCUT2D eigenvalue weighted by molar-refractivity contribution is 0.373. The number of benzene rings is 1. The molecule has 4 nitrogen and oxygen atoms in total. The molecule has 0 radical (unpaired) electrons. The highest BCUT2D eigenvalue weighted by Gasteiger charge is 2.16. The maximum atomic E-state index is 9.62. The summed E-state index contributed by atoms with van der Waals surface area (Å²) < 4.78 is 5.14. The Morgan fingerprint density at radius 2 is 2.15 bits per heavy atom. The number of methoxy groups -OCH3 is 1. The normalized spacial score (nSPS) is 12.4. The summed E-state index contributed by atoms with van der Waals surface area (Å²) in [6.45, 7) is 4.65. The van der Waals surface area contributed by atoms with Crippen LogP contribution in [0.15, 0.2) is 18.2 Å². The van der Waals surface area contributed by atoms with E-state index in [0.29, 0.717) is 12.3 Å². The van der Waals surface area contributed by atoms with Gasteiger partial charge in [-0.3, -0.25) is 0 Å². The van der Waals surface area contributed by atoms with E-state index in [4.69, 9.17) is 10.5 Å². The molecule has 1 aromatic carbocycles. The van der Waals surface area contributed by atoms with Crippen molar-refractivity contribution in [1.82, 2.24) is 4.98 Å². The summed E-state index contributed by atoms with van der Waals surface area (Å²) in [5.41, 5.74) is 8.06. The second-order valence-electron chi connectivity index (χ2n) is 4.84. The van der Waals surface area contributed by atoms with Gasteiger partial charge < -0.3 is 15.6 Å². The van der Waals surface area contributed by atoms with Crippen LogP contribution in [-0.4, -0.2) is 23.7 Å². The van der Waals surface area contributed by atoms with Crippen molar-refractivity contribution < 1.29 is 9.84 Å². The molecule has 0 aliphatic heterocycles. The van der Waals surface area contributed by atoms with Crippen molar-refractivity contribution in [2.45, 2.75) is 26.2 Å². The van der Waals surface area contributed by atoms with E-state index in [0.717, 1.165) is 22.7 Å². The number of aromatic nitrogens is 1. The maximum absolute atomic E-state index is 9.62. The fourth-order valence-electron chi connectivity index (χ4n) is 2.08. The van der Waals surface area contributed by atoms with Gasteiger partial charge in [0.2, 0.25) is 0 Å². The summed E-state index contributed by atoms with van der Waals surface area (Å²) in [4.78, 5) is 5.83. The smallest absolute Gasteiger partial charge is 0.160 e. The molecular weight excluding hydrogens is 272 g/mol. The number of phenols is 1. The predicted molar refractivity (Wildman–Crippen MR) is 81.7 cm³/mol. The highest BCUT2D eigenvalue weighted by molar-refractivity contribution is 7.11. The van der Waals surface area contributed by atoms with Crippen LogP contribution in [0.25, 0.3) is 0 Å². The van der Waals surface area contributed by atoms with E-state index in [1.807, 2.05) is 19.1 Å². The van der Waals surface area contributed by atoms with Gasteiger partial charge in [0.15, 0.2) is 11.5 Å². The monoisotopic (exact) mass is 292 g/mol. The first kappa shape index (κ1) is 14.8. The Kier molecular flexibility index (Phi) is 4.62. The minimum absolute atomic E-state index is 0.154. The molecule has 1 unspecified atom stereocenters. The first-order valence-electron chi connectivity index (χ1n) is 6.55. The number of phenolic OH excluding ortho intramolecular Hbond substituents is 1. The van der Waals surface area contributed by atoms with Gasteiger partial charge in [0, 0.05) is 17.3 Å². The second-order valence-corrected chi connectivity index (χ2v) is 6.07. The zero-order valence-corrected chi connectivity index (χ0v) is 12.8. The molecule has 0 amide bonds. The van der Waals surface area contributed by atoms with Crippen LogP contribution in [0.5, 0.6) is 11.5 Å². The molecule has 1 atom stereocenters. The Hall–Kier alpha value is -1.59. The SMILES string of the molecule is COc1cc(CC(CN)c2nc(C)c(C)s2)ccc1O. The lowest BCUT2D eigenvalue weighted by atomic mass is 9.99. The zero-order chi connectivity index (χ0) is 14.7. The molecule has 108 valence electrons. The standard InChI is InChI=1S/C15H20N2O2S/c1-9-10(2)20-15(17-9)12(8-16)6-11-4-5-13(18)14(7-11)19-3/h4-5,7,12,18H,6,8,16H2,1-3H3. The number of thiazole rings is 1. The number of aryl methyl sites for hydroxylation is 2. The van der Waals surface area contributed by atoms with Gasteiger partial charge in [-0.15, -0.1) is 11.3 Å². The van der Waals surface area contributed by atoms with Crippen molar-refractivity contribution in [2.75, 3.05) is 13.7 Å². The summed E-state index contributed by atoms with van der Waals surface area (Å²) >= 11 is 1.71. The number of nitrogens with two attached hydrogens (primary N) is 1. The maximum Gasteiger partial charge on any atom is 0.160 e. The number of ether oxygens (including phenoxy) is 1. The van der Waals surface area contributed by atoms with Crippen molar-refractivity contribution in [1.29, 1.82) is 0 Å². The number of hydrogen-bond donors (Lipinski definition) is 2. The summed E-state index contributed by atoms with van der Waals surface area (Å²) in [6.07, 6.45) is 0.791. The van der Waals surface area contributed by atoms with E-state index in [1.54, 1.807) is 24.5 Å². The molecule has 0 saturated carbocycles. The molecule has 0 saturated heterocycles. The van der Waals surface area contributed by atoms with E-state index < -0.39 is 0 Å². The Labute approximate surface area is 123 Å². The van der Waals surface area contributed by atoms with Gasteiger partial charge >= 0.3 is 0 Å². The third-order valence-electron chi connectivity index (χ3n) is 3.41. The van der Waals surface area contributed by atoms with E-state index >= 15 is 0 Å². The van der Waals surface area contributed by atoms with Crippen molar-refractivity contribution in [3.05, 3.63) is 39.3 Å². The third kappa shape index (κ3) is 3.11. The Morgan fingerprint density at radius 3 is 2.70 bits per heavy atom. The van der Waals surface area contributed by atoms with Crippen LogP contribution >= 0.6 is 11.3 Å². The van der Waals surface area contributed by atoms with Crippen molar-refractivity contribution >= 4 is 11.3 Å². The van der Waals surface area contributed by atoms with Gasteiger partial charge in [-0.05, 0) is 38.0 Å². The molecule has 0 fully saturated rings. The van der Waals surface area contributed by atoms with Gasteiger partial charge in [-0.2, -0.15) is 0 Å². The van der Waals surface area contributed by atoms with Crippen LogP contribution in [0, 0.1) is 13.8 Å². The lowest BCUT2D eigenvalue weighted by Gasteiger charge is -2.13. The fraction of sp³-hybridized carbons (Fsp3) is 0.400. The molecule has 20 heavy (non-hydrogen) atoms. The molecular formula is C15H20N2O2S. The first-order chi connectivity index (χ1) is 9.55. The van der Waals surface area contributed by atoms with Gasteiger partial charge in [-0.25, -0.2) is 4.98 Å². The highest BCUT2D eigenvalue weighted by Crippen LogP contribution is 2.30. The van der Waals surface area contributed by atoms with Crippen molar-refractivity contribution in [3.8, 4) is 11.5 Å².